The van der Waals surface area contributed by atoms with Crippen LogP contribution in [0.5, 0.6) is 0 Å². The summed E-state index contributed by atoms with van der Waals surface area (Å²) in [5.41, 5.74) is 2.79. The average Bonchev–Trinajstić information content (AvgIpc) is 3.20. The van der Waals surface area contributed by atoms with Crippen molar-refractivity contribution in [2.75, 3.05) is 18.4 Å². The first-order chi connectivity index (χ1) is 16.5. The quantitative estimate of drug-likeness (QED) is 0.325. The maximum atomic E-state index is 13.1. The number of rotatable bonds is 13. The Morgan fingerprint density at radius 1 is 1.03 bits per heavy atom. The molecule has 0 saturated carbocycles. The van der Waals surface area contributed by atoms with Crippen molar-refractivity contribution < 1.29 is 9.59 Å². The van der Waals surface area contributed by atoms with E-state index in [1.165, 1.54) is 25.7 Å². The van der Waals surface area contributed by atoms with Crippen molar-refractivity contribution in [2.45, 2.75) is 98.8 Å². The van der Waals surface area contributed by atoms with E-state index in [0.29, 0.717) is 24.7 Å². The van der Waals surface area contributed by atoms with Crippen molar-refractivity contribution in [2.24, 2.45) is 5.92 Å². The molecule has 0 aliphatic rings. The molecule has 0 spiro atoms. The Bertz CT molecular complexity index is 939. The number of carbonyl (C=O) groups is 2. The third-order valence-electron chi connectivity index (χ3n) is 6.04. The fourth-order valence-electron chi connectivity index (χ4n) is 3.99. The van der Waals surface area contributed by atoms with Crippen LogP contribution in [0, 0.1) is 12.8 Å². The third-order valence-corrected chi connectivity index (χ3v) is 6.04. The van der Waals surface area contributed by atoms with Crippen LogP contribution in [0.3, 0.4) is 0 Å². The summed E-state index contributed by atoms with van der Waals surface area (Å²) in [5.74, 6) is 0.779. The number of hydrogen-bond acceptors (Lipinski definition) is 3. The molecule has 194 valence electrons. The number of aryl methyl sites for hydroxylation is 1. The Balaban J connectivity index is 2.11. The van der Waals surface area contributed by atoms with Crippen LogP contribution in [0.25, 0.3) is 5.69 Å². The summed E-state index contributed by atoms with van der Waals surface area (Å²) in [6.45, 7) is 15.3. The van der Waals surface area contributed by atoms with E-state index in [0.717, 1.165) is 29.8 Å². The lowest BCUT2D eigenvalue weighted by Crippen LogP contribution is -2.40. The maximum absolute atomic E-state index is 13.1. The van der Waals surface area contributed by atoms with Crippen LogP contribution in [0.4, 0.5) is 5.82 Å². The molecule has 1 heterocycles. The molecule has 6 nitrogen and oxygen atoms in total. The number of nitrogens with zero attached hydrogens (tertiary/aromatic N) is 3. The highest BCUT2D eigenvalue weighted by Crippen LogP contribution is 2.26. The molecule has 0 atom stereocenters. The van der Waals surface area contributed by atoms with Crippen molar-refractivity contribution in [3.05, 3.63) is 41.6 Å². The van der Waals surface area contributed by atoms with Gasteiger partial charge in [0.15, 0.2) is 0 Å². The molecule has 0 unspecified atom stereocenters. The highest BCUT2D eigenvalue weighted by molar-refractivity contribution is 5.94. The van der Waals surface area contributed by atoms with Gasteiger partial charge in [-0.1, -0.05) is 91.3 Å². The van der Waals surface area contributed by atoms with Crippen LogP contribution in [0.2, 0.25) is 0 Å². The second-order valence-corrected chi connectivity index (χ2v) is 11.1. The highest BCUT2D eigenvalue weighted by Gasteiger charge is 2.23. The number of anilines is 1. The van der Waals surface area contributed by atoms with Gasteiger partial charge in [-0.15, -0.1) is 0 Å². The predicted molar refractivity (Wildman–Crippen MR) is 145 cm³/mol. The normalized spacial score (nSPS) is 11.7. The van der Waals surface area contributed by atoms with E-state index >= 15 is 0 Å². The van der Waals surface area contributed by atoms with Crippen molar-refractivity contribution in [1.82, 2.24) is 14.7 Å². The van der Waals surface area contributed by atoms with Crippen molar-refractivity contribution >= 4 is 17.6 Å². The van der Waals surface area contributed by atoms with E-state index in [1.54, 1.807) is 9.58 Å². The summed E-state index contributed by atoms with van der Waals surface area (Å²) in [5, 5.41) is 7.82. The topological polar surface area (TPSA) is 67.2 Å². The molecule has 1 aromatic heterocycles. The molecular formula is C29H46N4O2. The molecule has 0 bridgehead atoms. The van der Waals surface area contributed by atoms with Crippen LogP contribution in [0.15, 0.2) is 30.3 Å². The molecule has 0 aliphatic carbocycles. The third kappa shape index (κ3) is 9.50. The lowest BCUT2D eigenvalue weighted by molar-refractivity contribution is -0.135. The van der Waals surface area contributed by atoms with Gasteiger partial charge >= 0.3 is 0 Å². The van der Waals surface area contributed by atoms with Gasteiger partial charge in [0.05, 0.1) is 17.9 Å². The van der Waals surface area contributed by atoms with Gasteiger partial charge < -0.3 is 10.2 Å². The number of benzene rings is 1. The number of unbranched alkanes of at least 4 members (excludes halogenated alkanes) is 5. The van der Waals surface area contributed by atoms with E-state index in [4.69, 9.17) is 5.10 Å². The minimum absolute atomic E-state index is 0.0524. The molecule has 0 fully saturated rings. The first-order valence-electron chi connectivity index (χ1n) is 13.3. The summed E-state index contributed by atoms with van der Waals surface area (Å²) in [6, 6.07) is 10.00. The summed E-state index contributed by atoms with van der Waals surface area (Å²) in [4.78, 5) is 27.8. The van der Waals surface area contributed by atoms with Gasteiger partial charge in [-0.3, -0.25) is 9.59 Å². The van der Waals surface area contributed by atoms with Crippen LogP contribution in [-0.4, -0.2) is 39.6 Å². The number of nitrogens with one attached hydrogen (secondary N) is 1. The summed E-state index contributed by atoms with van der Waals surface area (Å²) >= 11 is 0. The molecule has 2 aromatic rings. The molecule has 6 heteroatoms. The number of amides is 2. The molecule has 0 saturated heterocycles. The van der Waals surface area contributed by atoms with Gasteiger partial charge in [-0.05, 0) is 31.4 Å². The van der Waals surface area contributed by atoms with E-state index in [9.17, 15) is 9.59 Å². The fourth-order valence-corrected chi connectivity index (χ4v) is 3.99. The second kappa shape index (κ2) is 13.5. The molecule has 1 N–H and O–H groups in total. The zero-order chi connectivity index (χ0) is 26.0. The predicted octanol–water partition coefficient (Wildman–Crippen LogP) is 6.65. The van der Waals surface area contributed by atoms with Gasteiger partial charge in [0.1, 0.15) is 5.82 Å². The minimum atomic E-state index is -0.198. The minimum Gasteiger partial charge on any atom is -0.333 e. The average molecular weight is 483 g/mol. The Morgan fingerprint density at radius 3 is 2.26 bits per heavy atom. The first-order valence-corrected chi connectivity index (χ1v) is 13.3. The Morgan fingerprint density at radius 2 is 1.66 bits per heavy atom. The molecular weight excluding hydrogens is 436 g/mol. The largest absolute Gasteiger partial charge is 0.333 e. The summed E-state index contributed by atoms with van der Waals surface area (Å²) < 4.78 is 1.78. The summed E-state index contributed by atoms with van der Waals surface area (Å²) in [6.07, 6.45) is 7.33. The van der Waals surface area contributed by atoms with Crippen LogP contribution in [0.1, 0.15) is 97.7 Å². The molecule has 0 radical (unpaired) electrons. The van der Waals surface area contributed by atoms with Gasteiger partial charge in [0.2, 0.25) is 11.8 Å². The molecule has 1 aromatic carbocycles. The number of hydrogen-bond donors (Lipinski definition) is 1. The first kappa shape index (κ1) is 28.6. The molecule has 2 amide bonds. The van der Waals surface area contributed by atoms with Crippen molar-refractivity contribution in [3.63, 3.8) is 0 Å². The number of carbonyl (C=O) groups excluding carboxylic acids is 2. The standard InChI is InChI=1S/C29H46N4O2/c1-8-9-10-11-12-13-14-28(35)32(20-22(2)3)21-27(34)30-26-19-25(29(5,6)7)31-33(26)24-17-15-23(4)16-18-24/h15-19,22H,8-14,20-21H2,1-7H3,(H,30,34). The molecule has 0 aliphatic heterocycles. The lowest BCUT2D eigenvalue weighted by atomic mass is 9.92. The van der Waals surface area contributed by atoms with Crippen molar-refractivity contribution in [3.8, 4) is 5.69 Å². The smallest absolute Gasteiger partial charge is 0.245 e. The van der Waals surface area contributed by atoms with Crippen LogP contribution >= 0.6 is 0 Å². The zero-order valence-electron chi connectivity index (χ0n) is 23.0. The summed E-state index contributed by atoms with van der Waals surface area (Å²) in [7, 11) is 0. The van der Waals surface area contributed by atoms with Crippen molar-refractivity contribution in [1.29, 1.82) is 0 Å². The Kier molecular flexibility index (Phi) is 11.0. The Labute approximate surface area is 212 Å². The molecule has 2 rings (SSSR count). The van der Waals surface area contributed by atoms with Gasteiger partial charge in [0.25, 0.3) is 0 Å². The van der Waals surface area contributed by atoms with Gasteiger partial charge in [0, 0.05) is 24.4 Å². The second-order valence-electron chi connectivity index (χ2n) is 11.1. The SMILES string of the molecule is CCCCCCCCC(=O)N(CC(=O)Nc1cc(C(C)(C)C)nn1-c1ccc(C)cc1)CC(C)C. The highest BCUT2D eigenvalue weighted by atomic mass is 16.2. The molecule has 35 heavy (non-hydrogen) atoms. The zero-order valence-corrected chi connectivity index (χ0v) is 23.0. The van der Waals surface area contributed by atoms with Crippen LogP contribution in [-0.2, 0) is 15.0 Å². The monoisotopic (exact) mass is 482 g/mol. The van der Waals surface area contributed by atoms with E-state index in [-0.39, 0.29) is 23.8 Å². The van der Waals surface area contributed by atoms with E-state index < -0.39 is 0 Å². The van der Waals surface area contributed by atoms with Gasteiger partial charge in [-0.2, -0.15) is 5.10 Å². The van der Waals surface area contributed by atoms with E-state index in [2.05, 4.69) is 46.9 Å². The maximum Gasteiger partial charge on any atom is 0.245 e. The van der Waals surface area contributed by atoms with Crippen LogP contribution < -0.4 is 5.32 Å². The van der Waals surface area contributed by atoms with Gasteiger partial charge in [-0.25, -0.2) is 4.68 Å². The van der Waals surface area contributed by atoms with E-state index in [1.807, 2.05) is 37.3 Å². The lowest BCUT2D eigenvalue weighted by Gasteiger charge is -2.24. The fraction of sp³-hybridized carbons (Fsp3) is 0.621. The Hall–Kier alpha value is -2.63. The number of aromatic nitrogens is 2.